The molecule has 0 saturated heterocycles. The van der Waals surface area contributed by atoms with Gasteiger partial charge in [-0.2, -0.15) is 8.42 Å². The fourth-order valence-corrected chi connectivity index (χ4v) is 3.67. The summed E-state index contributed by atoms with van der Waals surface area (Å²) < 4.78 is 35.0. The first-order chi connectivity index (χ1) is 12.5. The lowest BCUT2D eigenvalue weighted by Crippen LogP contribution is -2.09. The van der Waals surface area contributed by atoms with E-state index in [0.29, 0.717) is 5.75 Å². The van der Waals surface area contributed by atoms with Gasteiger partial charge in [-0.05, 0) is 54.8 Å². The number of ether oxygens (including phenoxy) is 1. The maximum absolute atomic E-state index is 12.4. The average molecular weight is 377 g/mol. The van der Waals surface area contributed by atoms with E-state index in [-0.39, 0.29) is 10.6 Å². The van der Waals surface area contributed by atoms with Crippen LogP contribution in [-0.2, 0) is 16.5 Å². The molecular weight excluding hydrogens is 348 g/mol. The molecule has 0 aliphatic heterocycles. The standard InChI is InChI=1S/C21H28O4S/c1-3-4-5-6-7-8-9-18-10-16-21(17-11-18)26(22,23)25-20-14-12-19(24-2)13-15-20/h10-17H,3-9H2,1-2H3. The molecule has 0 fully saturated rings. The Kier molecular flexibility index (Phi) is 7.98. The summed E-state index contributed by atoms with van der Waals surface area (Å²) >= 11 is 0. The lowest BCUT2D eigenvalue weighted by molar-refractivity contribution is 0.413. The molecule has 142 valence electrons. The second-order valence-corrected chi connectivity index (χ2v) is 7.92. The Morgan fingerprint density at radius 3 is 1.96 bits per heavy atom. The first-order valence-electron chi connectivity index (χ1n) is 9.22. The number of aryl methyl sites for hydroxylation is 1. The summed E-state index contributed by atoms with van der Waals surface area (Å²) in [6.45, 7) is 2.22. The topological polar surface area (TPSA) is 52.6 Å². The first-order valence-corrected chi connectivity index (χ1v) is 10.6. The smallest absolute Gasteiger partial charge is 0.339 e. The van der Waals surface area contributed by atoms with Crippen LogP contribution in [0.2, 0.25) is 0 Å². The van der Waals surface area contributed by atoms with Gasteiger partial charge in [0.25, 0.3) is 0 Å². The molecule has 0 bridgehead atoms. The van der Waals surface area contributed by atoms with Gasteiger partial charge in [-0.3, -0.25) is 0 Å². The van der Waals surface area contributed by atoms with Crippen molar-refractivity contribution in [2.45, 2.75) is 56.8 Å². The highest BCUT2D eigenvalue weighted by Gasteiger charge is 2.16. The molecule has 26 heavy (non-hydrogen) atoms. The van der Waals surface area contributed by atoms with Gasteiger partial charge in [0.2, 0.25) is 0 Å². The minimum absolute atomic E-state index is 0.167. The van der Waals surface area contributed by atoms with Crippen molar-refractivity contribution in [1.82, 2.24) is 0 Å². The Hall–Kier alpha value is -2.01. The van der Waals surface area contributed by atoms with Crippen molar-refractivity contribution in [3.05, 3.63) is 54.1 Å². The second-order valence-electron chi connectivity index (χ2n) is 6.37. The minimum Gasteiger partial charge on any atom is -0.497 e. The molecule has 0 radical (unpaired) electrons. The van der Waals surface area contributed by atoms with Crippen molar-refractivity contribution >= 4 is 10.1 Å². The molecule has 0 unspecified atom stereocenters. The molecule has 0 aliphatic carbocycles. The van der Waals surface area contributed by atoms with Crippen molar-refractivity contribution in [2.24, 2.45) is 0 Å². The van der Waals surface area contributed by atoms with Gasteiger partial charge in [0.1, 0.15) is 16.4 Å². The summed E-state index contributed by atoms with van der Waals surface area (Å²) in [6.07, 6.45) is 8.48. The quantitative estimate of drug-likeness (QED) is 0.391. The Morgan fingerprint density at radius 2 is 1.35 bits per heavy atom. The molecule has 0 aromatic heterocycles. The van der Waals surface area contributed by atoms with Gasteiger partial charge >= 0.3 is 10.1 Å². The van der Waals surface area contributed by atoms with Crippen molar-refractivity contribution in [2.75, 3.05) is 7.11 Å². The third-order valence-corrected chi connectivity index (χ3v) is 5.56. The van der Waals surface area contributed by atoms with Crippen LogP contribution in [0.25, 0.3) is 0 Å². The predicted octanol–water partition coefficient (Wildman–Crippen LogP) is 5.37. The number of methoxy groups -OCH3 is 1. The summed E-state index contributed by atoms with van der Waals surface area (Å²) in [7, 11) is -2.27. The van der Waals surface area contributed by atoms with E-state index in [0.717, 1.165) is 18.4 Å². The Morgan fingerprint density at radius 1 is 0.769 bits per heavy atom. The number of hydrogen-bond acceptors (Lipinski definition) is 4. The lowest BCUT2D eigenvalue weighted by atomic mass is 10.1. The molecule has 4 nitrogen and oxygen atoms in total. The Labute approximate surface area is 157 Å². The van der Waals surface area contributed by atoms with E-state index >= 15 is 0 Å². The molecule has 2 aromatic rings. The van der Waals surface area contributed by atoms with Crippen LogP contribution in [0.4, 0.5) is 0 Å². The summed E-state index contributed by atoms with van der Waals surface area (Å²) in [5, 5.41) is 0. The third-order valence-electron chi connectivity index (χ3n) is 4.30. The molecule has 0 saturated carbocycles. The maximum Gasteiger partial charge on any atom is 0.339 e. The van der Waals surface area contributed by atoms with Gasteiger partial charge in [-0.25, -0.2) is 0 Å². The Balaban J connectivity index is 1.89. The van der Waals surface area contributed by atoms with Gasteiger partial charge in [0, 0.05) is 0 Å². The minimum atomic E-state index is -3.83. The van der Waals surface area contributed by atoms with Crippen LogP contribution in [0, 0.1) is 0 Å². The SMILES string of the molecule is CCCCCCCCc1ccc(S(=O)(=O)Oc2ccc(OC)cc2)cc1. The van der Waals surface area contributed by atoms with E-state index in [9.17, 15) is 8.42 Å². The number of rotatable bonds is 11. The number of benzene rings is 2. The first kappa shape index (κ1) is 20.3. The van der Waals surface area contributed by atoms with Crippen LogP contribution in [0.1, 0.15) is 51.0 Å². The van der Waals surface area contributed by atoms with Crippen molar-refractivity contribution in [3.8, 4) is 11.5 Å². The van der Waals surface area contributed by atoms with Crippen LogP contribution in [0.5, 0.6) is 11.5 Å². The molecule has 0 N–H and O–H groups in total. The fourth-order valence-electron chi connectivity index (χ4n) is 2.74. The zero-order chi connectivity index (χ0) is 18.8. The fraction of sp³-hybridized carbons (Fsp3) is 0.429. The highest BCUT2D eigenvalue weighted by atomic mass is 32.2. The monoisotopic (exact) mass is 376 g/mol. The molecule has 0 amide bonds. The number of hydrogen-bond donors (Lipinski definition) is 0. The molecule has 5 heteroatoms. The summed E-state index contributed by atoms with van der Waals surface area (Å²) in [4.78, 5) is 0.167. The molecule has 0 heterocycles. The van der Waals surface area contributed by atoms with Crippen LogP contribution in [-0.4, -0.2) is 15.5 Å². The van der Waals surface area contributed by atoms with E-state index < -0.39 is 10.1 Å². The van der Waals surface area contributed by atoms with Crippen LogP contribution in [0.3, 0.4) is 0 Å². The van der Waals surface area contributed by atoms with E-state index in [2.05, 4.69) is 6.92 Å². The predicted molar refractivity (Wildman–Crippen MR) is 104 cm³/mol. The van der Waals surface area contributed by atoms with Gasteiger partial charge in [-0.1, -0.05) is 51.2 Å². The van der Waals surface area contributed by atoms with E-state index in [1.807, 2.05) is 12.1 Å². The van der Waals surface area contributed by atoms with Crippen LogP contribution < -0.4 is 8.92 Å². The molecular formula is C21H28O4S. The lowest BCUT2D eigenvalue weighted by Gasteiger charge is -2.08. The zero-order valence-corrected chi connectivity index (χ0v) is 16.4. The third kappa shape index (κ3) is 6.37. The van der Waals surface area contributed by atoms with Crippen molar-refractivity contribution in [3.63, 3.8) is 0 Å². The summed E-state index contributed by atoms with van der Waals surface area (Å²) in [6, 6.07) is 13.4. The van der Waals surface area contributed by atoms with Gasteiger partial charge in [0.15, 0.2) is 0 Å². The van der Waals surface area contributed by atoms with Gasteiger partial charge < -0.3 is 8.92 Å². The molecule has 2 rings (SSSR count). The summed E-state index contributed by atoms with van der Waals surface area (Å²) in [5.41, 5.74) is 1.16. The highest BCUT2D eigenvalue weighted by Crippen LogP contribution is 2.22. The molecule has 0 atom stereocenters. The van der Waals surface area contributed by atoms with Gasteiger partial charge in [0.05, 0.1) is 7.11 Å². The zero-order valence-electron chi connectivity index (χ0n) is 15.6. The molecule has 2 aromatic carbocycles. The van der Waals surface area contributed by atoms with Crippen molar-refractivity contribution < 1.29 is 17.3 Å². The van der Waals surface area contributed by atoms with Crippen LogP contribution >= 0.6 is 0 Å². The van der Waals surface area contributed by atoms with Gasteiger partial charge in [-0.15, -0.1) is 0 Å². The highest BCUT2D eigenvalue weighted by molar-refractivity contribution is 7.87. The number of unbranched alkanes of at least 4 members (excludes halogenated alkanes) is 5. The molecule has 0 aliphatic rings. The van der Waals surface area contributed by atoms with Crippen molar-refractivity contribution in [1.29, 1.82) is 0 Å². The summed E-state index contributed by atoms with van der Waals surface area (Å²) in [5.74, 6) is 0.913. The van der Waals surface area contributed by atoms with Crippen LogP contribution in [0.15, 0.2) is 53.4 Å². The average Bonchev–Trinajstić information content (AvgIpc) is 2.65. The van der Waals surface area contributed by atoms with E-state index in [1.165, 1.54) is 32.1 Å². The normalized spacial score (nSPS) is 11.3. The molecule has 0 spiro atoms. The Bertz CT molecular complexity index is 750. The second kappa shape index (κ2) is 10.2. The van der Waals surface area contributed by atoms with E-state index in [4.69, 9.17) is 8.92 Å². The maximum atomic E-state index is 12.4. The largest absolute Gasteiger partial charge is 0.497 e. The van der Waals surface area contributed by atoms with E-state index in [1.54, 1.807) is 43.5 Å².